The third-order valence-corrected chi connectivity index (χ3v) is 4.76. The molecule has 2 rings (SSSR count). The topological polar surface area (TPSA) is 46.9 Å². The van der Waals surface area contributed by atoms with Crippen LogP contribution >= 0.6 is 15.9 Å². The summed E-state index contributed by atoms with van der Waals surface area (Å²) in [5.41, 5.74) is 0.863. The molecular weight excluding hydrogens is 318 g/mol. The van der Waals surface area contributed by atoms with E-state index in [1.54, 1.807) is 6.20 Å². The molecule has 1 N–H and O–H groups in total. The normalized spacial score (nSPS) is 17.4. The highest BCUT2D eigenvalue weighted by Crippen LogP contribution is 2.36. The Balaban J connectivity index is 2.09. The first-order valence-electron chi connectivity index (χ1n) is 6.99. The molecule has 0 radical (unpaired) electrons. The number of halogens is 1. The Morgan fingerprint density at radius 1 is 1.50 bits per heavy atom. The third kappa shape index (κ3) is 3.43. The number of rotatable bonds is 4. The number of aromatic nitrogens is 2. The number of nitrogens with one attached hydrogen (secondary N) is 1. The quantitative estimate of drug-likeness (QED) is 0.859. The van der Waals surface area contributed by atoms with E-state index in [1.165, 1.54) is 36.8 Å². The molecule has 1 heterocycles. The largest absolute Gasteiger partial charge is 0.382 e. The molecular formula is C15H20BrN3O. The van der Waals surface area contributed by atoms with Crippen LogP contribution in [0.25, 0.3) is 0 Å². The van der Waals surface area contributed by atoms with E-state index in [0.29, 0.717) is 9.89 Å². The van der Waals surface area contributed by atoms with E-state index in [4.69, 9.17) is 6.42 Å². The Morgan fingerprint density at radius 3 is 2.85 bits per heavy atom. The van der Waals surface area contributed by atoms with Crippen LogP contribution in [0.2, 0.25) is 0 Å². The lowest BCUT2D eigenvalue weighted by atomic mass is 9.76. The van der Waals surface area contributed by atoms with Crippen molar-refractivity contribution in [3.63, 3.8) is 0 Å². The van der Waals surface area contributed by atoms with Crippen molar-refractivity contribution < 1.29 is 0 Å². The molecule has 1 saturated carbocycles. The molecule has 1 aromatic heterocycles. The fourth-order valence-electron chi connectivity index (χ4n) is 2.68. The second kappa shape index (κ2) is 6.45. The molecule has 1 fully saturated rings. The lowest BCUT2D eigenvalue weighted by Gasteiger charge is -2.34. The molecule has 1 aromatic rings. The van der Waals surface area contributed by atoms with Gasteiger partial charge in [0.2, 0.25) is 0 Å². The second-order valence-corrected chi connectivity index (χ2v) is 6.56. The predicted octanol–water partition coefficient (Wildman–Crippen LogP) is 3.02. The van der Waals surface area contributed by atoms with Crippen molar-refractivity contribution >= 4 is 21.6 Å². The summed E-state index contributed by atoms with van der Waals surface area (Å²) in [5, 5.41) is 7.44. The highest BCUT2D eigenvalue weighted by molar-refractivity contribution is 9.10. The van der Waals surface area contributed by atoms with Crippen molar-refractivity contribution in [3.8, 4) is 12.3 Å². The lowest BCUT2D eigenvalue weighted by molar-refractivity contribution is 0.233. The zero-order valence-corrected chi connectivity index (χ0v) is 13.4. The van der Waals surface area contributed by atoms with Gasteiger partial charge in [-0.05, 0) is 34.2 Å². The average Bonchev–Trinajstić information content (AvgIpc) is 2.44. The van der Waals surface area contributed by atoms with E-state index in [9.17, 15) is 4.79 Å². The van der Waals surface area contributed by atoms with Gasteiger partial charge in [0.15, 0.2) is 0 Å². The van der Waals surface area contributed by atoms with Gasteiger partial charge in [0, 0.05) is 6.54 Å². The van der Waals surface area contributed by atoms with Crippen molar-refractivity contribution in [2.75, 3.05) is 11.9 Å². The van der Waals surface area contributed by atoms with Crippen LogP contribution in [0.3, 0.4) is 0 Å². The van der Waals surface area contributed by atoms with E-state index in [0.717, 1.165) is 12.2 Å². The number of anilines is 1. The van der Waals surface area contributed by atoms with E-state index in [1.807, 2.05) is 0 Å². The van der Waals surface area contributed by atoms with Crippen molar-refractivity contribution in [3.05, 3.63) is 21.0 Å². The van der Waals surface area contributed by atoms with Gasteiger partial charge in [-0.1, -0.05) is 32.1 Å². The SMILES string of the molecule is C#CCn1ncc(NCC2(C)CCCCC2)c(Br)c1=O. The minimum Gasteiger partial charge on any atom is -0.382 e. The molecule has 0 spiro atoms. The lowest BCUT2D eigenvalue weighted by Crippen LogP contribution is -2.30. The maximum absolute atomic E-state index is 12.0. The van der Waals surface area contributed by atoms with E-state index in [-0.39, 0.29) is 12.1 Å². The van der Waals surface area contributed by atoms with Gasteiger partial charge in [0.05, 0.1) is 11.9 Å². The summed E-state index contributed by atoms with van der Waals surface area (Å²) in [6.07, 6.45) is 13.3. The van der Waals surface area contributed by atoms with Crippen LogP contribution in [-0.4, -0.2) is 16.3 Å². The summed E-state index contributed by atoms with van der Waals surface area (Å²) in [6.45, 7) is 3.36. The first-order chi connectivity index (χ1) is 9.56. The fraction of sp³-hybridized carbons (Fsp3) is 0.600. The van der Waals surface area contributed by atoms with Crippen LogP contribution in [0.4, 0.5) is 5.69 Å². The summed E-state index contributed by atoms with van der Waals surface area (Å²) < 4.78 is 1.78. The van der Waals surface area contributed by atoms with Gasteiger partial charge in [-0.25, -0.2) is 4.68 Å². The maximum Gasteiger partial charge on any atom is 0.284 e. The molecule has 0 aliphatic heterocycles. The van der Waals surface area contributed by atoms with Crippen LogP contribution < -0.4 is 10.9 Å². The molecule has 0 saturated heterocycles. The van der Waals surface area contributed by atoms with Crippen LogP contribution in [0.1, 0.15) is 39.0 Å². The molecule has 0 aromatic carbocycles. The first kappa shape index (κ1) is 15.1. The maximum atomic E-state index is 12.0. The Morgan fingerprint density at radius 2 is 2.20 bits per heavy atom. The van der Waals surface area contributed by atoms with Gasteiger partial charge in [0.1, 0.15) is 11.0 Å². The van der Waals surface area contributed by atoms with Gasteiger partial charge in [0.25, 0.3) is 5.56 Å². The highest BCUT2D eigenvalue weighted by Gasteiger charge is 2.26. The van der Waals surface area contributed by atoms with Crippen LogP contribution in [0.5, 0.6) is 0 Å². The Hall–Kier alpha value is -1.28. The average molecular weight is 338 g/mol. The number of nitrogens with zero attached hydrogens (tertiary/aromatic N) is 2. The molecule has 4 nitrogen and oxygen atoms in total. The van der Waals surface area contributed by atoms with Crippen molar-refractivity contribution in [2.45, 2.75) is 45.6 Å². The first-order valence-corrected chi connectivity index (χ1v) is 7.78. The molecule has 5 heteroatoms. The molecule has 0 atom stereocenters. The predicted molar refractivity (Wildman–Crippen MR) is 84.7 cm³/mol. The summed E-state index contributed by atoms with van der Waals surface area (Å²) in [7, 11) is 0. The molecule has 108 valence electrons. The van der Waals surface area contributed by atoms with E-state index >= 15 is 0 Å². The molecule has 1 aliphatic rings. The Kier molecular flexibility index (Phi) is 4.87. The number of terminal acetylenes is 1. The molecule has 0 bridgehead atoms. The van der Waals surface area contributed by atoms with Crippen LogP contribution in [0.15, 0.2) is 15.5 Å². The Bertz CT molecular complexity index is 567. The van der Waals surface area contributed by atoms with E-state index < -0.39 is 0 Å². The van der Waals surface area contributed by atoms with Crippen molar-refractivity contribution in [2.24, 2.45) is 5.41 Å². The summed E-state index contributed by atoms with van der Waals surface area (Å²) in [4.78, 5) is 12.0. The summed E-state index contributed by atoms with van der Waals surface area (Å²) >= 11 is 3.34. The van der Waals surface area contributed by atoms with Gasteiger partial charge < -0.3 is 5.32 Å². The minimum atomic E-state index is -0.193. The molecule has 0 unspecified atom stereocenters. The molecule has 1 aliphatic carbocycles. The fourth-order valence-corrected chi connectivity index (χ4v) is 3.13. The van der Waals surface area contributed by atoms with Gasteiger partial charge >= 0.3 is 0 Å². The van der Waals surface area contributed by atoms with Gasteiger partial charge in [-0.3, -0.25) is 4.79 Å². The zero-order valence-electron chi connectivity index (χ0n) is 11.8. The van der Waals surface area contributed by atoms with Crippen molar-refractivity contribution in [1.29, 1.82) is 0 Å². The summed E-state index contributed by atoms with van der Waals surface area (Å²) in [6, 6.07) is 0. The van der Waals surface area contributed by atoms with E-state index in [2.05, 4.69) is 39.2 Å². The van der Waals surface area contributed by atoms with Crippen molar-refractivity contribution in [1.82, 2.24) is 9.78 Å². The Labute approximate surface area is 128 Å². The summed E-state index contributed by atoms with van der Waals surface area (Å²) in [5.74, 6) is 2.42. The van der Waals surface area contributed by atoms with Crippen LogP contribution in [0, 0.1) is 17.8 Å². The van der Waals surface area contributed by atoms with Crippen LogP contribution in [-0.2, 0) is 6.54 Å². The second-order valence-electron chi connectivity index (χ2n) is 5.76. The van der Waals surface area contributed by atoms with Gasteiger partial charge in [-0.2, -0.15) is 5.10 Å². The zero-order chi connectivity index (χ0) is 14.6. The number of hydrogen-bond acceptors (Lipinski definition) is 3. The molecule has 20 heavy (non-hydrogen) atoms. The third-order valence-electron chi connectivity index (χ3n) is 3.99. The van der Waals surface area contributed by atoms with Gasteiger partial charge in [-0.15, -0.1) is 6.42 Å². The monoisotopic (exact) mass is 337 g/mol. The minimum absolute atomic E-state index is 0.190. The number of hydrogen-bond donors (Lipinski definition) is 1. The standard InChI is InChI=1S/C15H20BrN3O/c1-3-9-19-14(20)13(16)12(10-18-19)17-11-15(2)7-5-4-6-8-15/h1,10,17H,4-9,11H2,2H3. The highest BCUT2D eigenvalue weighted by atomic mass is 79.9. The molecule has 0 amide bonds. The smallest absolute Gasteiger partial charge is 0.284 e.